The lowest BCUT2D eigenvalue weighted by atomic mass is 10.2. The van der Waals surface area contributed by atoms with E-state index in [1.807, 2.05) is 0 Å². The second-order valence-corrected chi connectivity index (χ2v) is 3.51. The first kappa shape index (κ1) is 10.7. The molecule has 0 radical (unpaired) electrons. The van der Waals surface area contributed by atoms with Gasteiger partial charge in [-0.3, -0.25) is 4.90 Å². The van der Waals surface area contributed by atoms with Crippen LogP contribution in [-0.4, -0.2) is 49.0 Å². The lowest BCUT2D eigenvalue weighted by Crippen LogP contribution is -2.44. The molecule has 0 aromatic heterocycles. The van der Waals surface area contributed by atoms with Crippen LogP contribution >= 0.6 is 0 Å². The monoisotopic (exact) mass is 185 g/mol. The van der Waals surface area contributed by atoms with Crippen molar-refractivity contribution in [2.75, 3.05) is 32.8 Å². The fourth-order valence-electron chi connectivity index (χ4n) is 1.46. The number of aliphatic hydroxyl groups excluding tert-OH is 1. The summed E-state index contributed by atoms with van der Waals surface area (Å²) >= 11 is 0. The Balaban J connectivity index is 2.29. The number of morpholine rings is 1. The minimum atomic E-state index is -0.00148. The van der Waals surface area contributed by atoms with Crippen LogP contribution in [0.15, 0.2) is 12.2 Å². The minimum Gasteiger partial charge on any atom is -0.394 e. The topological polar surface area (TPSA) is 32.7 Å². The second-order valence-electron chi connectivity index (χ2n) is 3.51. The first-order chi connectivity index (χ1) is 6.26. The molecule has 0 spiro atoms. The highest BCUT2D eigenvalue weighted by Gasteiger charge is 2.19. The molecule has 0 saturated carbocycles. The van der Waals surface area contributed by atoms with E-state index in [9.17, 15) is 0 Å². The predicted molar refractivity (Wildman–Crippen MR) is 52.7 cm³/mol. The van der Waals surface area contributed by atoms with Gasteiger partial charge in [-0.2, -0.15) is 0 Å². The Morgan fingerprint density at radius 3 is 3.08 bits per heavy atom. The van der Waals surface area contributed by atoms with Gasteiger partial charge in [-0.15, -0.1) is 0 Å². The van der Waals surface area contributed by atoms with Crippen molar-refractivity contribution in [3.05, 3.63) is 12.2 Å². The third-order valence-corrected chi connectivity index (χ3v) is 2.37. The van der Waals surface area contributed by atoms with Crippen LogP contribution in [0, 0.1) is 0 Å². The maximum Gasteiger partial charge on any atom is 0.0932 e. The zero-order valence-corrected chi connectivity index (χ0v) is 8.33. The standard InChI is InChI=1S/C10H19NO2/c1-3-9(2)6-11-4-5-13-10(7-11)8-12/h10,12H,2-8H2,1H3. The molecule has 3 nitrogen and oxygen atoms in total. The van der Waals surface area contributed by atoms with Gasteiger partial charge in [0.05, 0.1) is 19.3 Å². The maximum absolute atomic E-state index is 8.93. The maximum atomic E-state index is 8.93. The van der Waals surface area contributed by atoms with E-state index in [-0.39, 0.29) is 12.7 Å². The van der Waals surface area contributed by atoms with E-state index in [1.54, 1.807) is 0 Å². The van der Waals surface area contributed by atoms with Gasteiger partial charge >= 0.3 is 0 Å². The third kappa shape index (κ3) is 3.46. The molecule has 0 aromatic rings. The number of nitrogens with zero attached hydrogens (tertiary/aromatic N) is 1. The van der Waals surface area contributed by atoms with Crippen LogP contribution in [-0.2, 0) is 4.74 Å². The number of ether oxygens (including phenoxy) is 1. The molecule has 1 atom stereocenters. The SMILES string of the molecule is C=C(CC)CN1CCOC(CO)C1. The third-order valence-electron chi connectivity index (χ3n) is 2.37. The molecule has 1 aliphatic rings. The molecule has 0 aliphatic carbocycles. The summed E-state index contributed by atoms with van der Waals surface area (Å²) in [6.45, 7) is 9.66. The van der Waals surface area contributed by atoms with E-state index in [0.717, 1.165) is 32.7 Å². The quantitative estimate of drug-likeness (QED) is 0.653. The molecule has 3 heteroatoms. The largest absolute Gasteiger partial charge is 0.394 e. The van der Waals surface area contributed by atoms with Crippen molar-refractivity contribution in [3.8, 4) is 0 Å². The van der Waals surface area contributed by atoms with Gasteiger partial charge in [-0.05, 0) is 6.42 Å². The first-order valence-electron chi connectivity index (χ1n) is 4.87. The zero-order valence-electron chi connectivity index (χ0n) is 8.33. The zero-order chi connectivity index (χ0) is 9.68. The minimum absolute atomic E-state index is 0.00148. The summed E-state index contributed by atoms with van der Waals surface area (Å²) in [7, 11) is 0. The molecule has 1 aliphatic heterocycles. The average Bonchev–Trinajstić information content (AvgIpc) is 2.18. The van der Waals surface area contributed by atoms with Crippen LogP contribution in [0.3, 0.4) is 0 Å². The summed E-state index contributed by atoms with van der Waals surface area (Å²) in [6.07, 6.45) is 1.03. The molecule has 1 N–H and O–H groups in total. The van der Waals surface area contributed by atoms with Gasteiger partial charge in [0.2, 0.25) is 0 Å². The molecular weight excluding hydrogens is 166 g/mol. The van der Waals surface area contributed by atoms with E-state index in [1.165, 1.54) is 5.57 Å². The molecule has 1 rings (SSSR count). The van der Waals surface area contributed by atoms with Crippen molar-refractivity contribution in [2.45, 2.75) is 19.4 Å². The summed E-state index contributed by atoms with van der Waals surface area (Å²) in [6, 6.07) is 0. The molecular formula is C10H19NO2. The van der Waals surface area contributed by atoms with Crippen molar-refractivity contribution < 1.29 is 9.84 Å². The van der Waals surface area contributed by atoms with Crippen LogP contribution in [0.2, 0.25) is 0 Å². The van der Waals surface area contributed by atoms with Crippen LogP contribution in [0.5, 0.6) is 0 Å². The molecule has 1 fully saturated rings. The normalized spacial score (nSPS) is 24.6. The molecule has 13 heavy (non-hydrogen) atoms. The molecule has 1 heterocycles. The smallest absolute Gasteiger partial charge is 0.0932 e. The summed E-state index contributed by atoms with van der Waals surface area (Å²) < 4.78 is 5.35. The van der Waals surface area contributed by atoms with E-state index < -0.39 is 0 Å². The van der Waals surface area contributed by atoms with Crippen molar-refractivity contribution >= 4 is 0 Å². The highest BCUT2D eigenvalue weighted by Crippen LogP contribution is 2.08. The van der Waals surface area contributed by atoms with Crippen molar-refractivity contribution in [1.82, 2.24) is 4.90 Å². The molecule has 0 amide bonds. The second kappa shape index (κ2) is 5.37. The van der Waals surface area contributed by atoms with Gasteiger partial charge in [-0.1, -0.05) is 19.1 Å². The fourth-order valence-corrected chi connectivity index (χ4v) is 1.46. The van der Waals surface area contributed by atoms with Crippen LogP contribution in [0.25, 0.3) is 0 Å². The van der Waals surface area contributed by atoms with Crippen molar-refractivity contribution in [2.24, 2.45) is 0 Å². The van der Waals surface area contributed by atoms with Gasteiger partial charge in [-0.25, -0.2) is 0 Å². The van der Waals surface area contributed by atoms with Crippen molar-refractivity contribution in [1.29, 1.82) is 0 Å². The lowest BCUT2D eigenvalue weighted by Gasteiger charge is -2.32. The average molecular weight is 185 g/mol. The molecule has 76 valence electrons. The summed E-state index contributed by atoms with van der Waals surface area (Å²) in [5.41, 5.74) is 1.25. The number of hydrogen-bond donors (Lipinski definition) is 1. The Hall–Kier alpha value is -0.380. The summed E-state index contributed by atoms with van der Waals surface area (Å²) in [4.78, 5) is 2.29. The van der Waals surface area contributed by atoms with E-state index in [2.05, 4.69) is 18.4 Å². The van der Waals surface area contributed by atoms with Gasteiger partial charge in [0.1, 0.15) is 0 Å². The highest BCUT2D eigenvalue weighted by atomic mass is 16.5. The Kier molecular flexibility index (Phi) is 4.42. The molecule has 0 aromatic carbocycles. The summed E-state index contributed by atoms with van der Waals surface area (Å²) in [5, 5.41) is 8.93. The fraction of sp³-hybridized carbons (Fsp3) is 0.800. The lowest BCUT2D eigenvalue weighted by molar-refractivity contribution is -0.0502. The van der Waals surface area contributed by atoms with Crippen LogP contribution in [0.1, 0.15) is 13.3 Å². The molecule has 1 unspecified atom stereocenters. The van der Waals surface area contributed by atoms with E-state index in [4.69, 9.17) is 9.84 Å². The Labute approximate surface area is 80.0 Å². The number of hydrogen-bond acceptors (Lipinski definition) is 3. The predicted octanol–water partition coefficient (Wildman–Crippen LogP) is 0.646. The van der Waals surface area contributed by atoms with Crippen LogP contribution in [0.4, 0.5) is 0 Å². The van der Waals surface area contributed by atoms with Gasteiger partial charge < -0.3 is 9.84 Å². The Bertz CT molecular complexity index is 170. The first-order valence-corrected chi connectivity index (χ1v) is 4.87. The van der Waals surface area contributed by atoms with E-state index in [0.29, 0.717) is 0 Å². The highest BCUT2D eigenvalue weighted by molar-refractivity contribution is 4.96. The number of rotatable bonds is 4. The van der Waals surface area contributed by atoms with Crippen molar-refractivity contribution in [3.63, 3.8) is 0 Å². The van der Waals surface area contributed by atoms with Gasteiger partial charge in [0.25, 0.3) is 0 Å². The van der Waals surface area contributed by atoms with E-state index >= 15 is 0 Å². The Morgan fingerprint density at radius 1 is 1.69 bits per heavy atom. The van der Waals surface area contributed by atoms with Gasteiger partial charge in [0.15, 0.2) is 0 Å². The summed E-state index contributed by atoms with van der Waals surface area (Å²) in [5.74, 6) is 0. The number of aliphatic hydroxyl groups is 1. The van der Waals surface area contributed by atoms with Gasteiger partial charge in [0, 0.05) is 19.6 Å². The Morgan fingerprint density at radius 2 is 2.46 bits per heavy atom. The molecule has 0 bridgehead atoms. The molecule has 1 saturated heterocycles. The van der Waals surface area contributed by atoms with Crippen LogP contribution < -0.4 is 0 Å².